The van der Waals surface area contributed by atoms with Crippen molar-refractivity contribution in [1.29, 1.82) is 0 Å². The van der Waals surface area contributed by atoms with Crippen molar-refractivity contribution in [2.24, 2.45) is 5.73 Å². The van der Waals surface area contributed by atoms with Gasteiger partial charge in [0.15, 0.2) is 6.10 Å². The summed E-state index contributed by atoms with van der Waals surface area (Å²) in [5, 5.41) is 0. The summed E-state index contributed by atoms with van der Waals surface area (Å²) in [6.45, 7) is 1.02. The van der Waals surface area contributed by atoms with Crippen LogP contribution in [-0.2, 0) is 11.2 Å². The van der Waals surface area contributed by atoms with Gasteiger partial charge in [-0.15, -0.1) is 0 Å². The maximum Gasteiger partial charge on any atom is 0.414 e. The maximum absolute atomic E-state index is 12.5. The average molecular weight is 259 g/mol. The Balaban J connectivity index is 2.10. The molecule has 0 saturated heterocycles. The topological polar surface area (TPSA) is 35.2 Å². The third kappa shape index (κ3) is 2.67. The van der Waals surface area contributed by atoms with Crippen molar-refractivity contribution in [2.75, 3.05) is 0 Å². The van der Waals surface area contributed by atoms with E-state index in [-0.39, 0.29) is 0 Å². The van der Waals surface area contributed by atoms with Crippen LogP contribution in [0.4, 0.5) is 13.2 Å². The first-order valence-corrected chi connectivity index (χ1v) is 5.95. The van der Waals surface area contributed by atoms with Gasteiger partial charge in [-0.05, 0) is 30.9 Å². The van der Waals surface area contributed by atoms with Gasteiger partial charge in [0, 0.05) is 0 Å². The highest BCUT2D eigenvalue weighted by Gasteiger charge is 2.40. The van der Waals surface area contributed by atoms with Crippen LogP contribution in [0.1, 0.15) is 30.5 Å². The standard InChI is InChI=1S/C13H16F3NO/c1-8(13(14,15)16)18-11-7-6-9-4-2-3-5-10(9)12(11)17/h2-5,8,11-12H,6-7,17H2,1H3. The molecule has 0 aliphatic heterocycles. The molecular formula is C13H16F3NO. The molecule has 2 nitrogen and oxygen atoms in total. The second-order valence-electron chi connectivity index (χ2n) is 4.62. The van der Waals surface area contributed by atoms with Gasteiger partial charge in [0.25, 0.3) is 0 Å². The molecule has 2 N–H and O–H groups in total. The van der Waals surface area contributed by atoms with Crippen molar-refractivity contribution in [2.45, 2.75) is 44.2 Å². The third-order valence-corrected chi connectivity index (χ3v) is 3.35. The lowest BCUT2D eigenvalue weighted by molar-refractivity contribution is -0.230. The van der Waals surface area contributed by atoms with Crippen LogP contribution >= 0.6 is 0 Å². The number of ether oxygens (including phenoxy) is 1. The summed E-state index contributed by atoms with van der Waals surface area (Å²) in [4.78, 5) is 0. The zero-order valence-corrected chi connectivity index (χ0v) is 10.1. The second-order valence-corrected chi connectivity index (χ2v) is 4.62. The number of hydrogen-bond acceptors (Lipinski definition) is 2. The van der Waals surface area contributed by atoms with E-state index < -0.39 is 24.4 Å². The van der Waals surface area contributed by atoms with Crippen molar-refractivity contribution < 1.29 is 17.9 Å². The molecule has 0 fully saturated rings. The molecule has 1 aromatic carbocycles. The van der Waals surface area contributed by atoms with E-state index >= 15 is 0 Å². The van der Waals surface area contributed by atoms with Crippen LogP contribution in [-0.4, -0.2) is 18.4 Å². The van der Waals surface area contributed by atoms with E-state index in [1.807, 2.05) is 24.3 Å². The quantitative estimate of drug-likeness (QED) is 0.886. The summed E-state index contributed by atoms with van der Waals surface area (Å²) in [7, 11) is 0. The van der Waals surface area contributed by atoms with Gasteiger partial charge < -0.3 is 10.5 Å². The Labute approximate surface area is 104 Å². The molecule has 0 aromatic heterocycles. The number of nitrogens with two attached hydrogens (primary N) is 1. The Morgan fingerprint density at radius 2 is 2.00 bits per heavy atom. The first-order chi connectivity index (χ1) is 8.39. The normalized spacial score (nSPS) is 25.6. The highest BCUT2D eigenvalue weighted by atomic mass is 19.4. The number of benzene rings is 1. The van der Waals surface area contributed by atoms with Gasteiger partial charge in [-0.2, -0.15) is 13.2 Å². The van der Waals surface area contributed by atoms with Crippen LogP contribution in [0.25, 0.3) is 0 Å². The van der Waals surface area contributed by atoms with Crippen molar-refractivity contribution >= 4 is 0 Å². The molecule has 1 aliphatic carbocycles. The largest absolute Gasteiger partial charge is 0.414 e. The monoisotopic (exact) mass is 259 g/mol. The van der Waals surface area contributed by atoms with Crippen LogP contribution in [0.15, 0.2) is 24.3 Å². The van der Waals surface area contributed by atoms with E-state index in [1.54, 1.807) is 0 Å². The minimum Gasteiger partial charge on any atom is -0.364 e. The first-order valence-electron chi connectivity index (χ1n) is 5.95. The first kappa shape index (κ1) is 13.4. The predicted molar refractivity (Wildman–Crippen MR) is 62.1 cm³/mol. The minimum absolute atomic E-state index is 0.486. The van der Waals surface area contributed by atoms with Crippen LogP contribution < -0.4 is 5.73 Å². The fourth-order valence-corrected chi connectivity index (χ4v) is 2.26. The summed E-state index contributed by atoms with van der Waals surface area (Å²) in [6, 6.07) is 7.07. The third-order valence-electron chi connectivity index (χ3n) is 3.35. The average Bonchev–Trinajstić information content (AvgIpc) is 2.32. The molecule has 0 bridgehead atoms. The summed E-state index contributed by atoms with van der Waals surface area (Å²) in [5.74, 6) is 0. The van der Waals surface area contributed by atoms with E-state index in [1.165, 1.54) is 0 Å². The van der Waals surface area contributed by atoms with E-state index in [4.69, 9.17) is 10.5 Å². The molecule has 18 heavy (non-hydrogen) atoms. The summed E-state index contributed by atoms with van der Waals surface area (Å²) in [6.07, 6.45) is -5.45. The Bertz CT molecular complexity index is 419. The SMILES string of the molecule is CC(OC1CCc2ccccc2C1N)C(F)(F)F. The van der Waals surface area contributed by atoms with Gasteiger partial charge >= 0.3 is 6.18 Å². The molecule has 0 radical (unpaired) electrons. The molecule has 2 rings (SSSR count). The van der Waals surface area contributed by atoms with Gasteiger partial charge in [-0.25, -0.2) is 0 Å². The molecule has 0 heterocycles. The number of hydrogen-bond donors (Lipinski definition) is 1. The lowest BCUT2D eigenvalue weighted by Gasteiger charge is -2.33. The number of alkyl halides is 3. The summed E-state index contributed by atoms with van der Waals surface area (Å²) in [5.41, 5.74) is 7.98. The lowest BCUT2D eigenvalue weighted by atomic mass is 9.86. The molecule has 0 amide bonds. The zero-order chi connectivity index (χ0) is 13.3. The van der Waals surface area contributed by atoms with Gasteiger partial charge in [0.05, 0.1) is 12.1 Å². The van der Waals surface area contributed by atoms with Crippen LogP contribution in [0.2, 0.25) is 0 Å². The highest BCUT2D eigenvalue weighted by Crippen LogP contribution is 2.33. The van der Waals surface area contributed by atoms with Gasteiger partial charge in [0.2, 0.25) is 0 Å². The maximum atomic E-state index is 12.5. The molecule has 5 heteroatoms. The Hall–Kier alpha value is -1.07. The number of aryl methyl sites for hydroxylation is 1. The fraction of sp³-hybridized carbons (Fsp3) is 0.538. The van der Waals surface area contributed by atoms with E-state index in [0.29, 0.717) is 12.8 Å². The number of halogens is 3. The predicted octanol–water partition coefficient (Wildman–Crippen LogP) is 2.97. The van der Waals surface area contributed by atoms with Crippen molar-refractivity contribution in [1.82, 2.24) is 0 Å². The Morgan fingerprint density at radius 3 is 2.67 bits per heavy atom. The Morgan fingerprint density at radius 1 is 1.33 bits per heavy atom. The fourth-order valence-electron chi connectivity index (χ4n) is 2.26. The van der Waals surface area contributed by atoms with Gasteiger partial charge in [-0.1, -0.05) is 24.3 Å². The highest BCUT2D eigenvalue weighted by molar-refractivity contribution is 5.33. The number of rotatable bonds is 2. The van der Waals surface area contributed by atoms with Crippen LogP contribution in [0.3, 0.4) is 0 Å². The molecule has 1 aromatic rings. The zero-order valence-electron chi connectivity index (χ0n) is 10.1. The smallest absolute Gasteiger partial charge is 0.364 e. The minimum atomic E-state index is -4.34. The van der Waals surface area contributed by atoms with Crippen LogP contribution in [0.5, 0.6) is 0 Å². The molecule has 3 atom stereocenters. The summed E-state index contributed by atoms with van der Waals surface area (Å²) < 4.78 is 42.5. The number of fused-ring (bicyclic) bond motifs is 1. The molecular weight excluding hydrogens is 243 g/mol. The Kier molecular flexibility index (Phi) is 3.64. The van der Waals surface area contributed by atoms with E-state index in [9.17, 15) is 13.2 Å². The molecule has 100 valence electrons. The lowest BCUT2D eigenvalue weighted by Crippen LogP contribution is -2.40. The van der Waals surface area contributed by atoms with E-state index in [0.717, 1.165) is 18.1 Å². The molecule has 0 saturated carbocycles. The van der Waals surface area contributed by atoms with Crippen LogP contribution in [0, 0.1) is 0 Å². The molecule has 3 unspecified atom stereocenters. The molecule has 1 aliphatic rings. The summed E-state index contributed by atoms with van der Waals surface area (Å²) >= 11 is 0. The van der Waals surface area contributed by atoms with E-state index in [2.05, 4.69) is 0 Å². The van der Waals surface area contributed by atoms with Crippen molar-refractivity contribution in [3.63, 3.8) is 0 Å². The van der Waals surface area contributed by atoms with Gasteiger partial charge in [0.1, 0.15) is 0 Å². The van der Waals surface area contributed by atoms with Gasteiger partial charge in [-0.3, -0.25) is 0 Å². The van der Waals surface area contributed by atoms with Crippen molar-refractivity contribution in [3.05, 3.63) is 35.4 Å². The van der Waals surface area contributed by atoms with Crippen molar-refractivity contribution in [3.8, 4) is 0 Å². The second kappa shape index (κ2) is 4.90. The molecule has 0 spiro atoms.